The minimum absolute atomic E-state index is 0.188. The number of hydrazone groups is 1. The normalized spacial score (nSPS) is 24.9. The van der Waals surface area contributed by atoms with E-state index in [0.29, 0.717) is 11.7 Å². The van der Waals surface area contributed by atoms with E-state index < -0.39 is 11.1 Å². The first kappa shape index (κ1) is 9.49. The molecule has 1 unspecified atom stereocenters. The molecule has 1 saturated heterocycles. The Bertz CT molecular complexity index is 355. The van der Waals surface area contributed by atoms with Crippen molar-refractivity contribution in [3.63, 3.8) is 0 Å². The van der Waals surface area contributed by atoms with Crippen LogP contribution in [-0.4, -0.2) is 51.8 Å². The molecular formula is C6H10N6O3. The molecule has 1 N–H and O–H groups in total. The first-order chi connectivity index (χ1) is 7.00. The van der Waals surface area contributed by atoms with Crippen molar-refractivity contribution < 1.29 is 9.83 Å². The number of hydrazine groups is 2. The summed E-state index contributed by atoms with van der Waals surface area (Å²) in [4.78, 5) is 21.9. The van der Waals surface area contributed by atoms with Gasteiger partial charge in [-0.1, -0.05) is 0 Å². The Balaban J connectivity index is 2.36. The molecule has 2 rings (SSSR count). The molecule has 82 valence electrons. The van der Waals surface area contributed by atoms with Gasteiger partial charge in [0.25, 0.3) is 0 Å². The van der Waals surface area contributed by atoms with Crippen molar-refractivity contribution in [3.05, 3.63) is 10.1 Å². The van der Waals surface area contributed by atoms with Gasteiger partial charge >= 0.3 is 6.03 Å². The largest absolute Gasteiger partial charge is 0.408 e. The second-order valence-electron chi connectivity index (χ2n) is 3.41. The summed E-state index contributed by atoms with van der Waals surface area (Å²) in [7, 11) is 1.74. The number of fused-ring (bicyclic) bond motifs is 1. The third kappa shape index (κ3) is 1.32. The van der Waals surface area contributed by atoms with Crippen LogP contribution in [0, 0.1) is 10.1 Å². The number of hydrogen-bond donors (Lipinski definition) is 1. The number of rotatable bonds is 1. The Hall–Kier alpha value is -2.06. The number of nitro groups is 1. The van der Waals surface area contributed by atoms with Crippen molar-refractivity contribution in [3.8, 4) is 0 Å². The number of likely N-dealkylation sites (N-methyl/N-ethyl adjacent to an activating group) is 1. The van der Waals surface area contributed by atoms with Crippen LogP contribution in [0.25, 0.3) is 0 Å². The molecule has 0 bridgehead atoms. The minimum atomic E-state index is -0.791. The summed E-state index contributed by atoms with van der Waals surface area (Å²) in [6.45, 7) is 2.30. The van der Waals surface area contributed by atoms with E-state index in [1.165, 1.54) is 5.01 Å². The molecule has 0 radical (unpaired) electrons. The molecule has 0 aromatic carbocycles. The van der Waals surface area contributed by atoms with E-state index in [2.05, 4.69) is 10.4 Å². The lowest BCUT2D eigenvalue weighted by Crippen LogP contribution is -2.54. The van der Waals surface area contributed by atoms with Gasteiger partial charge in [0.1, 0.15) is 0 Å². The molecule has 2 aliphatic rings. The van der Waals surface area contributed by atoms with Gasteiger partial charge in [-0.3, -0.25) is 10.3 Å². The van der Waals surface area contributed by atoms with Gasteiger partial charge < -0.3 is 0 Å². The molecule has 0 aromatic rings. The summed E-state index contributed by atoms with van der Waals surface area (Å²) >= 11 is 0. The Labute approximate surface area is 85.0 Å². The molecule has 9 nitrogen and oxygen atoms in total. The number of amides is 2. The smallest absolute Gasteiger partial charge is 0.294 e. The standard InChI is InChI=1S/C6H10N6O3/c1-4-3-9(2)8-5-7-6(13)11(10(4)5)12(14)15/h4H,3H2,1-2H3,(H,7,8,13). The van der Waals surface area contributed by atoms with Gasteiger partial charge in [0.2, 0.25) is 5.96 Å². The van der Waals surface area contributed by atoms with Gasteiger partial charge in [-0.2, -0.15) is 5.01 Å². The molecule has 2 amide bonds. The lowest BCUT2D eigenvalue weighted by atomic mass is 10.3. The van der Waals surface area contributed by atoms with Gasteiger partial charge in [0.05, 0.1) is 17.7 Å². The van der Waals surface area contributed by atoms with Crippen LogP contribution >= 0.6 is 0 Å². The van der Waals surface area contributed by atoms with Crippen molar-refractivity contribution in [2.45, 2.75) is 13.0 Å². The third-order valence-electron chi connectivity index (χ3n) is 2.19. The second kappa shape index (κ2) is 2.97. The average molecular weight is 214 g/mol. The SMILES string of the molecule is CC1CN(C)N=C2NC(=O)N([N+](=O)[O-])N21. The lowest BCUT2D eigenvalue weighted by Gasteiger charge is -2.32. The fourth-order valence-corrected chi connectivity index (χ4v) is 1.67. The van der Waals surface area contributed by atoms with Crippen LogP contribution < -0.4 is 5.32 Å². The monoisotopic (exact) mass is 214 g/mol. The summed E-state index contributed by atoms with van der Waals surface area (Å²) in [5.41, 5.74) is 0. The zero-order valence-corrected chi connectivity index (χ0v) is 8.25. The molecule has 0 spiro atoms. The molecular weight excluding hydrogens is 204 g/mol. The van der Waals surface area contributed by atoms with Crippen molar-refractivity contribution in [2.75, 3.05) is 13.6 Å². The van der Waals surface area contributed by atoms with Gasteiger partial charge in [-0.25, -0.2) is 14.9 Å². The maximum Gasteiger partial charge on any atom is 0.408 e. The highest BCUT2D eigenvalue weighted by atomic mass is 16.7. The summed E-state index contributed by atoms with van der Waals surface area (Å²) in [5, 5.41) is 19.5. The van der Waals surface area contributed by atoms with Crippen molar-refractivity contribution in [1.29, 1.82) is 0 Å². The van der Waals surface area contributed by atoms with Gasteiger partial charge in [0.15, 0.2) is 5.03 Å². The van der Waals surface area contributed by atoms with E-state index >= 15 is 0 Å². The molecule has 0 aromatic heterocycles. The highest BCUT2D eigenvalue weighted by Gasteiger charge is 2.47. The molecule has 0 aliphatic carbocycles. The topological polar surface area (TPSA) is 94.3 Å². The summed E-state index contributed by atoms with van der Waals surface area (Å²) in [6, 6.07) is -0.979. The van der Waals surface area contributed by atoms with Crippen molar-refractivity contribution in [1.82, 2.24) is 20.5 Å². The fourth-order valence-electron chi connectivity index (χ4n) is 1.67. The molecule has 1 fully saturated rings. The van der Waals surface area contributed by atoms with Gasteiger partial charge in [0, 0.05) is 7.05 Å². The number of hydrogen-bond acceptors (Lipinski definition) is 6. The van der Waals surface area contributed by atoms with Crippen LogP contribution in [0.3, 0.4) is 0 Å². The van der Waals surface area contributed by atoms with Gasteiger partial charge in [-0.15, -0.1) is 5.10 Å². The summed E-state index contributed by atoms with van der Waals surface area (Å²) in [6.07, 6.45) is 0. The summed E-state index contributed by atoms with van der Waals surface area (Å²) in [5.74, 6) is 0.193. The van der Waals surface area contributed by atoms with E-state index in [9.17, 15) is 14.9 Å². The first-order valence-electron chi connectivity index (χ1n) is 4.35. The van der Waals surface area contributed by atoms with Crippen LogP contribution in [0.4, 0.5) is 4.79 Å². The van der Waals surface area contributed by atoms with Crippen molar-refractivity contribution in [2.24, 2.45) is 5.10 Å². The highest BCUT2D eigenvalue weighted by Crippen LogP contribution is 2.17. The molecule has 0 saturated carbocycles. The number of urea groups is 1. The average Bonchev–Trinajstić information content (AvgIpc) is 2.40. The number of carbonyl (C=O) groups excluding carboxylic acids is 1. The van der Waals surface area contributed by atoms with Crippen LogP contribution in [0.5, 0.6) is 0 Å². The zero-order chi connectivity index (χ0) is 11.2. The number of carbonyl (C=O) groups is 1. The second-order valence-corrected chi connectivity index (χ2v) is 3.41. The Morgan fingerprint density at radius 1 is 1.67 bits per heavy atom. The number of guanidine groups is 1. The van der Waals surface area contributed by atoms with E-state index in [0.717, 1.165) is 0 Å². The molecule has 15 heavy (non-hydrogen) atoms. The number of nitrogens with one attached hydrogen (secondary N) is 1. The Kier molecular flexibility index (Phi) is 1.88. The van der Waals surface area contributed by atoms with Crippen LogP contribution in [0.1, 0.15) is 6.92 Å². The Morgan fingerprint density at radius 3 is 2.93 bits per heavy atom. The van der Waals surface area contributed by atoms with E-state index in [1.807, 2.05) is 0 Å². The lowest BCUT2D eigenvalue weighted by molar-refractivity contribution is -0.667. The van der Waals surface area contributed by atoms with Crippen molar-refractivity contribution >= 4 is 12.0 Å². The number of nitrogens with zero attached hydrogens (tertiary/aromatic N) is 5. The highest BCUT2D eigenvalue weighted by molar-refractivity contribution is 6.01. The zero-order valence-electron chi connectivity index (χ0n) is 8.25. The molecule has 1 atom stereocenters. The maximum atomic E-state index is 11.3. The molecule has 2 aliphatic heterocycles. The first-order valence-corrected chi connectivity index (χ1v) is 4.35. The minimum Gasteiger partial charge on any atom is -0.294 e. The van der Waals surface area contributed by atoms with Gasteiger partial charge in [-0.05, 0) is 6.92 Å². The predicted octanol–water partition coefficient (Wildman–Crippen LogP) is -0.975. The quantitative estimate of drug-likeness (QED) is 0.447. The third-order valence-corrected chi connectivity index (χ3v) is 2.19. The molecule has 2 heterocycles. The summed E-state index contributed by atoms with van der Waals surface area (Å²) < 4.78 is 0. The predicted molar refractivity (Wildman–Crippen MR) is 48.7 cm³/mol. The Morgan fingerprint density at radius 2 is 2.33 bits per heavy atom. The maximum absolute atomic E-state index is 11.3. The fraction of sp³-hybridized carbons (Fsp3) is 0.667. The van der Waals surface area contributed by atoms with Crippen LogP contribution in [-0.2, 0) is 0 Å². The molecule has 9 heteroatoms. The van der Waals surface area contributed by atoms with E-state index in [4.69, 9.17) is 0 Å². The van der Waals surface area contributed by atoms with Crippen LogP contribution in [0.2, 0.25) is 0 Å². The van der Waals surface area contributed by atoms with E-state index in [1.54, 1.807) is 19.0 Å². The van der Waals surface area contributed by atoms with Crippen LogP contribution in [0.15, 0.2) is 5.10 Å². The van der Waals surface area contributed by atoms with E-state index in [-0.39, 0.29) is 12.0 Å².